The summed E-state index contributed by atoms with van der Waals surface area (Å²) in [5.74, 6) is 4.31. The first-order valence-electron chi connectivity index (χ1n) is 17.2. The number of benzene rings is 5. The largest absolute Gasteiger partial charge is 0.457 e. The van der Waals surface area contributed by atoms with Crippen molar-refractivity contribution in [3.05, 3.63) is 165 Å². The highest BCUT2D eigenvalue weighted by molar-refractivity contribution is 6.10. The Hall–Kier alpha value is -7.39. The molecule has 246 valence electrons. The van der Waals surface area contributed by atoms with Crippen molar-refractivity contribution in [3.8, 4) is 46.0 Å². The Kier molecular flexibility index (Phi) is 6.67. The summed E-state index contributed by atoms with van der Waals surface area (Å²) in [4.78, 5) is 22.1. The summed E-state index contributed by atoms with van der Waals surface area (Å²) >= 11 is 0. The molecule has 10 rings (SSSR count). The van der Waals surface area contributed by atoms with Crippen LogP contribution in [-0.2, 0) is 0 Å². The van der Waals surface area contributed by atoms with Crippen LogP contribution in [0.4, 0.5) is 0 Å². The average molecular weight is 675 g/mol. The lowest BCUT2D eigenvalue weighted by atomic mass is 10.1. The predicted molar refractivity (Wildman–Crippen MR) is 203 cm³/mol. The molecule has 9 heteroatoms. The summed E-state index contributed by atoms with van der Waals surface area (Å²) in [5, 5.41) is 4.36. The van der Waals surface area contributed by atoms with Crippen LogP contribution in [0.5, 0.6) is 23.0 Å². The van der Waals surface area contributed by atoms with E-state index in [4.69, 9.17) is 10.8 Å². The van der Waals surface area contributed by atoms with Crippen LogP contribution in [0.1, 0.15) is 1.37 Å². The SMILES string of the molecule is [2H]c1ccnc(-n2c3ccccc3c3ccc(Oc4cc(Oc5ccc6c7ccccc7n(-c7ccccn7)c6c5)cc(-c5ncncn5)c4)cc32)c1. The maximum Gasteiger partial charge on any atom is 0.162 e. The molecule has 5 heterocycles. The van der Waals surface area contributed by atoms with Crippen molar-refractivity contribution >= 4 is 43.6 Å². The minimum Gasteiger partial charge on any atom is -0.457 e. The van der Waals surface area contributed by atoms with Crippen LogP contribution in [-0.4, -0.2) is 34.1 Å². The Morgan fingerprint density at radius 3 is 1.58 bits per heavy atom. The molecule has 9 nitrogen and oxygen atoms in total. The molecule has 0 N–H and O–H groups in total. The Labute approximate surface area is 298 Å². The lowest BCUT2D eigenvalue weighted by Crippen LogP contribution is -1.97. The molecule has 0 atom stereocenters. The van der Waals surface area contributed by atoms with Crippen molar-refractivity contribution in [1.29, 1.82) is 0 Å². The molecule has 5 aromatic carbocycles. The first kappa shape index (κ1) is 28.4. The summed E-state index contributed by atoms with van der Waals surface area (Å²) in [7, 11) is 0. The Bertz CT molecular complexity index is 2980. The third kappa shape index (κ3) is 5.07. The molecule has 0 spiro atoms. The number of para-hydroxylation sites is 2. The number of fused-ring (bicyclic) bond motifs is 6. The summed E-state index contributed by atoms with van der Waals surface area (Å²) < 4.78 is 25.6. The van der Waals surface area contributed by atoms with Crippen LogP contribution in [0.2, 0.25) is 0 Å². The van der Waals surface area contributed by atoms with Crippen LogP contribution in [0, 0.1) is 0 Å². The maximum absolute atomic E-state index is 8.24. The van der Waals surface area contributed by atoms with Gasteiger partial charge in [0.25, 0.3) is 0 Å². The molecule has 0 radical (unpaired) electrons. The fourth-order valence-corrected chi connectivity index (χ4v) is 6.93. The molecule has 0 unspecified atom stereocenters. The topological polar surface area (TPSA) is 92.8 Å². The van der Waals surface area contributed by atoms with Gasteiger partial charge in [0.1, 0.15) is 47.3 Å². The van der Waals surface area contributed by atoms with Crippen molar-refractivity contribution in [2.75, 3.05) is 0 Å². The molecule has 0 aliphatic rings. The molecule has 0 amide bonds. The van der Waals surface area contributed by atoms with Crippen molar-refractivity contribution in [3.63, 3.8) is 0 Å². The highest BCUT2D eigenvalue weighted by Crippen LogP contribution is 2.39. The smallest absolute Gasteiger partial charge is 0.162 e. The van der Waals surface area contributed by atoms with Gasteiger partial charge in [0, 0.05) is 57.7 Å². The number of hydrogen-bond acceptors (Lipinski definition) is 7. The highest BCUT2D eigenvalue weighted by atomic mass is 16.5. The molecule has 5 aromatic heterocycles. The van der Waals surface area contributed by atoms with Crippen molar-refractivity contribution in [1.82, 2.24) is 34.1 Å². The Morgan fingerprint density at radius 1 is 0.442 bits per heavy atom. The fraction of sp³-hybridized carbons (Fsp3) is 0. The monoisotopic (exact) mass is 674 g/mol. The second kappa shape index (κ2) is 12.2. The van der Waals surface area contributed by atoms with Gasteiger partial charge in [0.05, 0.1) is 23.4 Å². The van der Waals surface area contributed by atoms with E-state index in [9.17, 15) is 0 Å². The molecule has 10 aromatic rings. The molecular weight excluding hydrogens is 647 g/mol. The van der Waals surface area contributed by atoms with Gasteiger partial charge < -0.3 is 9.47 Å². The second-order valence-corrected chi connectivity index (χ2v) is 12.2. The minimum absolute atomic E-state index is 0.383. The van der Waals surface area contributed by atoms with Gasteiger partial charge >= 0.3 is 0 Å². The molecule has 0 aliphatic carbocycles. The average Bonchev–Trinajstić information content (AvgIpc) is 3.70. The van der Waals surface area contributed by atoms with E-state index in [1.165, 1.54) is 12.7 Å². The highest BCUT2D eigenvalue weighted by Gasteiger charge is 2.17. The number of rotatable bonds is 7. The normalized spacial score (nSPS) is 11.7. The lowest BCUT2D eigenvalue weighted by molar-refractivity contribution is 0.461. The van der Waals surface area contributed by atoms with E-state index in [2.05, 4.69) is 70.5 Å². The van der Waals surface area contributed by atoms with Gasteiger partial charge in [0.2, 0.25) is 0 Å². The third-order valence-electron chi connectivity index (χ3n) is 9.09. The quantitative estimate of drug-likeness (QED) is 0.166. The molecule has 52 heavy (non-hydrogen) atoms. The molecule has 0 aliphatic heterocycles. The molecule has 0 bridgehead atoms. The summed E-state index contributed by atoms with van der Waals surface area (Å²) in [5.41, 5.74) is 4.63. The van der Waals surface area contributed by atoms with Gasteiger partial charge in [0.15, 0.2) is 5.82 Å². The fourth-order valence-electron chi connectivity index (χ4n) is 6.93. The second-order valence-electron chi connectivity index (χ2n) is 12.2. The van der Waals surface area contributed by atoms with Crippen LogP contribution < -0.4 is 9.47 Å². The molecule has 0 fully saturated rings. The van der Waals surface area contributed by atoms with Crippen molar-refractivity contribution in [2.45, 2.75) is 0 Å². The number of hydrogen-bond donors (Lipinski definition) is 0. The maximum atomic E-state index is 8.24. The van der Waals surface area contributed by atoms with E-state index in [-0.39, 0.29) is 0 Å². The Balaban J connectivity index is 1.07. The first-order valence-corrected chi connectivity index (χ1v) is 16.7. The lowest BCUT2D eigenvalue weighted by Gasteiger charge is -2.13. The molecule has 0 saturated carbocycles. The number of pyridine rings is 2. The van der Waals surface area contributed by atoms with Crippen LogP contribution in [0.3, 0.4) is 0 Å². The van der Waals surface area contributed by atoms with Gasteiger partial charge in [-0.3, -0.25) is 9.13 Å². The van der Waals surface area contributed by atoms with E-state index in [0.717, 1.165) is 49.4 Å². The van der Waals surface area contributed by atoms with Gasteiger partial charge in [-0.15, -0.1) is 0 Å². The van der Waals surface area contributed by atoms with Crippen molar-refractivity contribution < 1.29 is 10.8 Å². The standard InChI is InChI=1S/C43H27N7O2/c1-3-11-37-33(9-1)35-17-15-29(24-39(35)49(37)41-13-5-7-19-45-41)51-31-21-28(43-47-26-44-27-48-43)22-32(23-31)52-30-16-18-36-34-10-2-4-12-38(34)50(40(36)25-30)42-14-6-8-20-46-42/h1-27H/i5D. The van der Waals surface area contributed by atoms with Gasteiger partial charge in [-0.1, -0.05) is 48.5 Å². The zero-order valence-corrected chi connectivity index (χ0v) is 27.5. The number of ether oxygens (including phenoxy) is 2. The zero-order chi connectivity index (χ0) is 35.3. The minimum atomic E-state index is 0.383. The van der Waals surface area contributed by atoms with E-state index in [1.54, 1.807) is 24.5 Å². The van der Waals surface area contributed by atoms with Crippen molar-refractivity contribution in [2.24, 2.45) is 0 Å². The van der Waals surface area contributed by atoms with E-state index >= 15 is 0 Å². The van der Waals surface area contributed by atoms with Crippen LogP contribution in [0.25, 0.3) is 66.6 Å². The first-order chi connectivity index (χ1) is 26.2. The van der Waals surface area contributed by atoms with Crippen LogP contribution in [0.15, 0.2) is 165 Å². The Morgan fingerprint density at radius 2 is 0.981 bits per heavy atom. The van der Waals surface area contributed by atoms with Gasteiger partial charge in [-0.05, 0) is 72.8 Å². The van der Waals surface area contributed by atoms with E-state index in [0.29, 0.717) is 46.2 Å². The van der Waals surface area contributed by atoms with Gasteiger partial charge in [-0.2, -0.15) is 0 Å². The zero-order valence-electron chi connectivity index (χ0n) is 28.5. The molecular formula is C43H27N7O2. The summed E-state index contributed by atoms with van der Waals surface area (Å²) in [6.07, 6.45) is 6.39. The third-order valence-corrected chi connectivity index (χ3v) is 9.09. The number of aromatic nitrogens is 7. The van der Waals surface area contributed by atoms with Crippen LogP contribution >= 0.6 is 0 Å². The summed E-state index contributed by atoms with van der Waals surface area (Å²) in [6, 6.07) is 43.9. The molecule has 0 saturated heterocycles. The predicted octanol–water partition coefficient (Wildman–Crippen LogP) is 10.1. The number of nitrogens with zero attached hydrogens (tertiary/aromatic N) is 7. The summed E-state index contributed by atoms with van der Waals surface area (Å²) in [6.45, 7) is 0. The van der Waals surface area contributed by atoms with E-state index in [1.807, 2.05) is 84.9 Å². The van der Waals surface area contributed by atoms with E-state index < -0.39 is 0 Å². The van der Waals surface area contributed by atoms with Gasteiger partial charge in [-0.25, -0.2) is 24.9 Å².